The lowest BCUT2D eigenvalue weighted by Gasteiger charge is -1.99. The van der Waals surface area contributed by atoms with Crippen LogP contribution in [0, 0.1) is 3.57 Å². The zero-order valence-corrected chi connectivity index (χ0v) is 8.28. The average Bonchev–Trinajstić information content (AvgIpc) is 1.81. The van der Waals surface area contributed by atoms with Crippen LogP contribution in [0.2, 0.25) is 0 Å². The Kier molecular flexibility index (Phi) is 2.85. The van der Waals surface area contributed by atoms with Crippen LogP contribution >= 0.6 is 22.6 Å². The van der Waals surface area contributed by atoms with Gasteiger partial charge in [-0.1, -0.05) is 0 Å². The van der Waals surface area contributed by atoms with Crippen LogP contribution in [0.5, 0.6) is 0 Å². The van der Waals surface area contributed by atoms with Gasteiger partial charge in [-0.3, -0.25) is 4.79 Å². The molecule has 0 amide bonds. The molecule has 0 aliphatic heterocycles. The molecule has 0 saturated heterocycles. The van der Waals surface area contributed by atoms with Crippen molar-refractivity contribution in [2.75, 3.05) is 5.73 Å². The van der Waals surface area contributed by atoms with E-state index in [2.05, 4.69) is 27.6 Å². The second-order valence-corrected chi connectivity index (χ2v) is 3.52. The average molecular weight is 278 g/mol. The fourth-order valence-corrected chi connectivity index (χ4v) is 1.50. The van der Waals surface area contributed by atoms with Crippen molar-refractivity contribution in [2.24, 2.45) is 0 Å². The predicted molar refractivity (Wildman–Crippen MR) is 52.7 cm³/mol. The zero-order valence-electron chi connectivity index (χ0n) is 6.12. The van der Waals surface area contributed by atoms with E-state index < -0.39 is 5.97 Å². The second-order valence-electron chi connectivity index (χ2n) is 2.27. The van der Waals surface area contributed by atoms with Crippen molar-refractivity contribution in [3.8, 4) is 0 Å². The molecular formula is C7H7IN2O2. The summed E-state index contributed by atoms with van der Waals surface area (Å²) in [4.78, 5) is 14.2. The number of nitrogens with zero attached hydrogens (tertiary/aromatic N) is 1. The standard InChI is InChI=1S/C7H7IN2O2/c8-4-1-5(3-7(11)12)10-6(9)2-4/h1-2H,3H2,(H2,9,10)(H,11,12). The first kappa shape index (κ1) is 9.24. The first-order valence-electron chi connectivity index (χ1n) is 3.21. The smallest absolute Gasteiger partial charge is 0.309 e. The minimum absolute atomic E-state index is 0.0823. The summed E-state index contributed by atoms with van der Waals surface area (Å²) in [6.45, 7) is 0. The van der Waals surface area contributed by atoms with E-state index in [0.717, 1.165) is 3.57 Å². The van der Waals surface area contributed by atoms with Gasteiger partial charge in [-0.2, -0.15) is 0 Å². The van der Waals surface area contributed by atoms with Crippen LogP contribution in [0.3, 0.4) is 0 Å². The maximum Gasteiger partial charge on any atom is 0.309 e. The van der Waals surface area contributed by atoms with Gasteiger partial charge in [0, 0.05) is 3.57 Å². The number of pyridine rings is 1. The van der Waals surface area contributed by atoms with Crippen molar-refractivity contribution in [2.45, 2.75) is 6.42 Å². The zero-order chi connectivity index (χ0) is 9.14. The molecule has 1 rings (SSSR count). The van der Waals surface area contributed by atoms with Crippen LogP contribution in [0.4, 0.5) is 5.82 Å². The summed E-state index contributed by atoms with van der Waals surface area (Å²) >= 11 is 2.06. The molecule has 0 fully saturated rings. The Morgan fingerprint density at radius 3 is 2.83 bits per heavy atom. The topological polar surface area (TPSA) is 76.2 Å². The number of aromatic nitrogens is 1. The number of carboxylic acid groups (broad SMARTS) is 1. The molecule has 0 saturated carbocycles. The molecule has 12 heavy (non-hydrogen) atoms. The molecule has 4 nitrogen and oxygen atoms in total. The Labute approximate surface area is 82.9 Å². The number of nitrogens with two attached hydrogens (primary N) is 1. The number of rotatable bonds is 2. The van der Waals surface area contributed by atoms with Gasteiger partial charge in [-0.05, 0) is 34.7 Å². The Hall–Kier alpha value is -0.850. The molecule has 0 spiro atoms. The number of aliphatic carboxylic acids is 1. The molecule has 0 bridgehead atoms. The van der Waals surface area contributed by atoms with Crippen molar-refractivity contribution in [1.82, 2.24) is 4.98 Å². The lowest BCUT2D eigenvalue weighted by molar-refractivity contribution is -0.136. The lowest BCUT2D eigenvalue weighted by atomic mass is 10.3. The van der Waals surface area contributed by atoms with Crippen LogP contribution in [0.1, 0.15) is 5.69 Å². The van der Waals surface area contributed by atoms with Crippen LogP contribution in [-0.2, 0) is 11.2 Å². The molecule has 0 aliphatic carbocycles. The van der Waals surface area contributed by atoms with Crippen molar-refractivity contribution < 1.29 is 9.90 Å². The molecule has 64 valence electrons. The minimum atomic E-state index is -0.899. The van der Waals surface area contributed by atoms with E-state index in [-0.39, 0.29) is 6.42 Å². The van der Waals surface area contributed by atoms with Crippen LogP contribution in [0.15, 0.2) is 12.1 Å². The third kappa shape index (κ3) is 2.65. The lowest BCUT2D eigenvalue weighted by Crippen LogP contribution is -2.04. The van der Waals surface area contributed by atoms with Crippen LogP contribution < -0.4 is 5.73 Å². The van der Waals surface area contributed by atoms with E-state index in [0.29, 0.717) is 11.5 Å². The second kappa shape index (κ2) is 3.70. The van der Waals surface area contributed by atoms with E-state index >= 15 is 0 Å². The molecule has 0 radical (unpaired) electrons. The number of hydrogen-bond acceptors (Lipinski definition) is 3. The van der Waals surface area contributed by atoms with Crippen molar-refractivity contribution in [3.63, 3.8) is 0 Å². The predicted octanol–water partition coefficient (Wildman–Crippen LogP) is 0.896. The third-order valence-corrected chi connectivity index (χ3v) is 1.82. The van der Waals surface area contributed by atoms with Gasteiger partial charge in [-0.15, -0.1) is 0 Å². The summed E-state index contributed by atoms with van der Waals surface area (Å²) < 4.78 is 0.899. The molecule has 3 N–H and O–H groups in total. The monoisotopic (exact) mass is 278 g/mol. The summed E-state index contributed by atoms with van der Waals surface area (Å²) in [5, 5.41) is 8.47. The van der Waals surface area contributed by atoms with E-state index in [1.165, 1.54) is 0 Å². The van der Waals surface area contributed by atoms with E-state index in [9.17, 15) is 4.79 Å². The molecular weight excluding hydrogens is 271 g/mol. The highest BCUT2D eigenvalue weighted by Gasteiger charge is 2.03. The quantitative estimate of drug-likeness (QED) is 0.788. The summed E-state index contributed by atoms with van der Waals surface area (Å²) in [6, 6.07) is 3.39. The minimum Gasteiger partial charge on any atom is -0.481 e. The third-order valence-electron chi connectivity index (χ3n) is 1.20. The van der Waals surface area contributed by atoms with Crippen LogP contribution in [-0.4, -0.2) is 16.1 Å². The number of carbonyl (C=O) groups is 1. The Bertz CT molecular complexity index is 294. The highest BCUT2D eigenvalue weighted by Crippen LogP contribution is 2.10. The van der Waals surface area contributed by atoms with E-state index in [1.807, 2.05) is 0 Å². The Balaban J connectivity index is 2.93. The van der Waals surface area contributed by atoms with Gasteiger partial charge in [0.1, 0.15) is 5.82 Å². The van der Waals surface area contributed by atoms with Crippen molar-refractivity contribution in [1.29, 1.82) is 0 Å². The van der Waals surface area contributed by atoms with Gasteiger partial charge in [0.05, 0.1) is 12.1 Å². The maximum absolute atomic E-state index is 10.3. The molecule has 1 aromatic rings. The maximum atomic E-state index is 10.3. The fourth-order valence-electron chi connectivity index (χ4n) is 0.818. The summed E-state index contributed by atoms with van der Waals surface area (Å²) in [5.74, 6) is -0.540. The Morgan fingerprint density at radius 2 is 2.33 bits per heavy atom. The van der Waals surface area contributed by atoms with E-state index in [4.69, 9.17) is 10.8 Å². The molecule has 0 aliphatic rings. The number of anilines is 1. The van der Waals surface area contributed by atoms with Gasteiger partial charge in [0.25, 0.3) is 0 Å². The van der Waals surface area contributed by atoms with E-state index in [1.54, 1.807) is 12.1 Å². The Morgan fingerprint density at radius 1 is 1.67 bits per heavy atom. The largest absolute Gasteiger partial charge is 0.481 e. The molecule has 1 aromatic heterocycles. The van der Waals surface area contributed by atoms with Crippen LogP contribution in [0.25, 0.3) is 0 Å². The highest BCUT2D eigenvalue weighted by atomic mass is 127. The number of hydrogen-bond donors (Lipinski definition) is 2. The first-order valence-corrected chi connectivity index (χ1v) is 4.29. The molecule has 1 heterocycles. The number of carboxylic acids is 1. The summed E-state index contributed by atoms with van der Waals surface area (Å²) in [6.07, 6.45) is -0.0823. The van der Waals surface area contributed by atoms with Gasteiger partial charge >= 0.3 is 5.97 Å². The summed E-state index contributed by atoms with van der Waals surface area (Å²) in [5.41, 5.74) is 5.92. The summed E-state index contributed by atoms with van der Waals surface area (Å²) in [7, 11) is 0. The molecule has 5 heteroatoms. The molecule has 0 unspecified atom stereocenters. The number of nitrogen functional groups attached to an aromatic ring is 1. The van der Waals surface area contributed by atoms with Gasteiger partial charge < -0.3 is 10.8 Å². The van der Waals surface area contributed by atoms with Gasteiger partial charge in [0.15, 0.2) is 0 Å². The first-order chi connectivity index (χ1) is 5.58. The van der Waals surface area contributed by atoms with Crippen molar-refractivity contribution in [3.05, 3.63) is 21.4 Å². The normalized spacial score (nSPS) is 9.75. The number of halogens is 1. The van der Waals surface area contributed by atoms with Crippen molar-refractivity contribution >= 4 is 34.4 Å². The SMILES string of the molecule is Nc1cc(I)cc(CC(=O)O)n1. The highest BCUT2D eigenvalue weighted by molar-refractivity contribution is 14.1. The fraction of sp³-hybridized carbons (Fsp3) is 0.143. The molecule has 0 atom stereocenters. The van der Waals surface area contributed by atoms with Gasteiger partial charge in [-0.25, -0.2) is 4.98 Å². The molecule has 0 aromatic carbocycles. The van der Waals surface area contributed by atoms with Gasteiger partial charge in [0.2, 0.25) is 0 Å².